The van der Waals surface area contributed by atoms with E-state index in [0.717, 1.165) is 19.4 Å². The first-order valence-electron chi connectivity index (χ1n) is 16.1. The number of nitrogens with zero attached hydrogens (tertiary/aromatic N) is 4. The fourth-order valence-corrected chi connectivity index (χ4v) is 7.93. The van der Waals surface area contributed by atoms with Gasteiger partial charge in [0.2, 0.25) is 0 Å². The van der Waals surface area contributed by atoms with Crippen molar-refractivity contribution < 1.29 is 27.4 Å². The molecular weight excluding hydrogens is 598 g/mol. The van der Waals surface area contributed by atoms with Gasteiger partial charge in [-0.1, -0.05) is 19.9 Å². The highest BCUT2D eigenvalue weighted by molar-refractivity contribution is 6.03. The Morgan fingerprint density at radius 1 is 1.04 bits per heavy atom. The number of benzene rings is 3. The van der Waals surface area contributed by atoms with Crippen LogP contribution in [0.1, 0.15) is 38.7 Å². The van der Waals surface area contributed by atoms with Crippen LogP contribution in [0.15, 0.2) is 30.3 Å². The van der Waals surface area contributed by atoms with E-state index in [9.17, 15) is 13.9 Å². The zero-order valence-electron chi connectivity index (χ0n) is 26.3. The van der Waals surface area contributed by atoms with E-state index in [1.165, 1.54) is 30.3 Å². The highest BCUT2D eigenvalue weighted by atomic mass is 19.1. The van der Waals surface area contributed by atoms with E-state index >= 15 is 8.78 Å². The molecule has 7 rings (SSSR count). The molecular formula is C35H39F4N5O2. The van der Waals surface area contributed by atoms with Crippen LogP contribution < -0.4 is 15.0 Å². The number of hydrogen-bond acceptors (Lipinski definition) is 7. The van der Waals surface area contributed by atoms with E-state index in [-0.39, 0.29) is 59.3 Å². The number of phenolic OH excluding ortho intramolecular Hbond substituents is 1. The third-order valence-corrected chi connectivity index (χ3v) is 10.3. The number of nitrogens with one attached hydrogen (secondary N) is 1. The minimum Gasteiger partial charge on any atom is -0.508 e. The molecule has 3 aliphatic heterocycles. The van der Waals surface area contributed by atoms with Crippen molar-refractivity contribution in [1.82, 2.24) is 20.2 Å². The molecule has 0 saturated carbocycles. The zero-order chi connectivity index (χ0) is 32.3. The number of anilines is 1. The monoisotopic (exact) mass is 637 g/mol. The minimum atomic E-state index is -0.954. The number of hydrogen-bond donors (Lipinski definition) is 2. The van der Waals surface area contributed by atoms with E-state index in [1.807, 2.05) is 18.9 Å². The highest BCUT2D eigenvalue weighted by Crippen LogP contribution is 2.43. The molecule has 2 N–H and O–H groups in total. The van der Waals surface area contributed by atoms with Gasteiger partial charge in [-0.05, 0) is 91.4 Å². The van der Waals surface area contributed by atoms with E-state index in [4.69, 9.17) is 9.72 Å². The van der Waals surface area contributed by atoms with Gasteiger partial charge in [-0.2, -0.15) is 9.97 Å². The topological polar surface area (TPSA) is 73.8 Å². The lowest BCUT2D eigenvalue weighted by Gasteiger charge is -2.43. The molecule has 3 saturated heterocycles. The Hall–Kier alpha value is -3.70. The van der Waals surface area contributed by atoms with Crippen LogP contribution in [-0.4, -0.2) is 78.6 Å². The van der Waals surface area contributed by atoms with Crippen molar-refractivity contribution in [3.63, 3.8) is 0 Å². The molecule has 2 bridgehead atoms. The van der Waals surface area contributed by atoms with Crippen molar-refractivity contribution in [3.05, 3.63) is 53.3 Å². The van der Waals surface area contributed by atoms with Crippen molar-refractivity contribution in [3.8, 4) is 22.9 Å². The van der Waals surface area contributed by atoms with Crippen LogP contribution in [0.3, 0.4) is 0 Å². The number of aromatic hydroxyl groups is 1. The van der Waals surface area contributed by atoms with Crippen LogP contribution in [-0.2, 0) is 6.42 Å². The predicted octanol–water partition coefficient (Wildman–Crippen LogP) is 6.38. The summed E-state index contributed by atoms with van der Waals surface area (Å²) in [6.07, 6.45) is 2.96. The average molecular weight is 638 g/mol. The molecule has 11 heteroatoms. The normalized spacial score (nSPS) is 25.1. The Labute approximate surface area is 265 Å². The molecule has 0 spiro atoms. The van der Waals surface area contributed by atoms with Crippen molar-refractivity contribution in [2.75, 3.05) is 51.4 Å². The predicted molar refractivity (Wildman–Crippen MR) is 171 cm³/mol. The molecule has 0 amide bonds. The summed E-state index contributed by atoms with van der Waals surface area (Å²) < 4.78 is 68.4. The molecule has 3 fully saturated rings. The van der Waals surface area contributed by atoms with E-state index in [0.29, 0.717) is 48.2 Å². The number of aromatic nitrogens is 2. The maximum absolute atomic E-state index is 16.9. The second-order valence-electron chi connectivity index (χ2n) is 13.6. The lowest BCUT2D eigenvalue weighted by molar-refractivity contribution is 0.000322. The maximum Gasteiger partial charge on any atom is 0.319 e. The highest BCUT2D eigenvalue weighted by Gasteiger charge is 2.40. The van der Waals surface area contributed by atoms with Crippen LogP contribution in [0.5, 0.6) is 11.8 Å². The summed E-state index contributed by atoms with van der Waals surface area (Å²) >= 11 is 0. The van der Waals surface area contributed by atoms with Gasteiger partial charge in [0.05, 0.1) is 18.8 Å². The molecule has 46 heavy (non-hydrogen) atoms. The summed E-state index contributed by atoms with van der Waals surface area (Å²) in [4.78, 5) is 13.4. The second kappa shape index (κ2) is 11.8. The van der Waals surface area contributed by atoms with Crippen LogP contribution >= 0.6 is 0 Å². The Kier molecular flexibility index (Phi) is 7.95. The number of halogens is 4. The van der Waals surface area contributed by atoms with Crippen LogP contribution in [0.25, 0.3) is 32.8 Å². The van der Waals surface area contributed by atoms with Gasteiger partial charge in [0.15, 0.2) is 5.82 Å². The molecule has 7 nitrogen and oxygen atoms in total. The molecule has 1 aromatic heterocycles. The number of alkyl halides is 1. The van der Waals surface area contributed by atoms with Crippen molar-refractivity contribution in [2.24, 2.45) is 11.3 Å². The Bertz CT molecular complexity index is 1810. The molecule has 0 aliphatic carbocycles. The third-order valence-electron chi connectivity index (χ3n) is 10.3. The van der Waals surface area contributed by atoms with E-state index in [1.54, 1.807) is 6.92 Å². The number of likely N-dealkylation sites (tertiary alicyclic amines) is 1. The largest absolute Gasteiger partial charge is 0.508 e. The average Bonchev–Trinajstić information content (AvgIpc) is 3.37. The summed E-state index contributed by atoms with van der Waals surface area (Å²) in [5.74, 6) is -2.36. The maximum atomic E-state index is 16.9. The summed E-state index contributed by atoms with van der Waals surface area (Å²) in [5.41, 5.74) is -0.746. The zero-order valence-corrected chi connectivity index (χ0v) is 26.3. The van der Waals surface area contributed by atoms with Crippen LogP contribution in [0, 0.1) is 28.8 Å². The second-order valence-corrected chi connectivity index (χ2v) is 13.6. The fraction of sp³-hybridized carbons (Fsp3) is 0.486. The standard InChI is InChI=1S/C35H39F4N5O2/c1-4-24-27(37)8-5-19-11-23(45)12-25(29(19)24)30-28(38)13-26-32(31(30)39)41-34(42-33(26)44-15-21-6-7-22(16-44)40-21)46-18-35(2)17-43(3)10-9-20(35)14-36/h5,8,11-13,20-22,40,45H,4,6-7,9-10,14-18H2,1-3H3/t20?,21-,22+,35-/m0/s1. The fourth-order valence-electron chi connectivity index (χ4n) is 7.93. The number of phenols is 1. The van der Waals surface area contributed by atoms with E-state index < -0.39 is 35.1 Å². The molecule has 1 unspecified atom stereocenters. The summed E-state index contributed by atoms with van der Waals surface area (Å²) in [7, 11) is 1.99. The quantitative estimate of drug-likeness (QED) is 0.228. The van der Waals surface area contributed by atoms with Gasteiger partial charge in [0.1, 0.15) is 28.7 Å². The Balaban J connectivity index is 1.40. The molecule has 3 aromatic carbocycles. The van der Waals surface area contributed by atoms with Gasteiger partial charge in [-0.3, -0.25) is 4.39 Å². The summed E-state index contributed by atoms with van der Waals surface area (Å²) in [6.45, 7) is 6.02. The van der Waals surface area contributed by atoms with Gasteiger partial charge >= 0.3 is 6.01 Å². The van der Waals surface area contributed by atoms with Gasteiger partial charge < -0.3 is 25.0 Å². The molecule has 4 aromatic rings. The van der Waals surface area contributed by atoms with Gasteiger partial charge in [0, 0.05) is 42.5 Å². The smallest absolute Gasteiger partial charge is 0.319 e. The SMILES string of the molecule is CCc1c(F)ccc2cc(O)cc(-c3c(F)cc4c(N5C[C@H]6CC[C@@H](C5)N6)nc(OC[C@]5(C)CN(C)CCC5CF)nc4c3F)c12. The first kappa shape index (κ1) is 30.9. The molecule has 4 atom stereocenters. The van der Waals surface area contributed by atoms with Crippen molar-refractivity contribution in [1.29, 1.82) is 0 Å². The number of piperidine rings is 1. The van der Waals surface area contributed by atoms with Crippen LogP contribution in [0.4, 0.5) is 23.4 Å². The van der Waals surface area contributed by atoms with Gasteiger partial charge in [-0.25, -0.2) is 13.2 Å². The number of piperazine rings is 1. The Morgan fingerprint density at radius 3 is 2.52 bits per heavy atom. The van der Waals surface area contributed by atoms with Crippen molar-refractivity contribution in [2.45, 2.75) is 51.6 Å². The lowest BCUT2D eigenvalue weighted by atomic mass is 9.73. The van der Waals surface area contributed by atoms with Crippen LogP contribution in [0.2, 0.25) is 0 Å². The first-order valence-corrected chi connectivity index (χ1v) is 16.1. The third kappa shape index (κ3) is 5.31. The number of aryl methyl sites for hydroxylation is 1. The number of rotatable bonds is 7. The summed E-state index contributed by atoms with van der Waals surface area (Å²) in [5, 5.41) is 15.1. The number of ether oxygens (including phenoxy) is 1. The minimum absolute atomic E-state index is 0.0367. The van der Waals surface area contributed by atoms with Gasteiger partial charge in [0.25, 0.3) is 0 Å². The lowest BCUT2D eigenvalue weighted by Crippen LogP contribution is -2.51. The molecule has 0 radical (unpaired) electrons. The first-order chi connectivity index (χ1) is 22.1. The van der Waals surface area contributed by atoms with Gasteiger partial charge in [-0.15, -0.1) is 0 Å². The number of fused-ring (bicyclic) bond motifs is 4. The van der Waals surface area contributed by atoms with Crippen molar-refractivity contribution >= 4 is 27.5 Å². The summed E-state index contributed by atoms with van der Waals surface area (Å²) in [6, 6.07) is 7.11. The Morgan fingerprint density at radius 2 is 1.80 bits per heavy atom. The molecule has 3 aliphatic rings. The van der Waals surface area contributed by atoms with E-state index in [2.05, 4.69) is 15.2 Å². The molecule has 244 valence electrons. The molecule has 4 heterocycles.